The van der Waals surface area contributed by atoms with Crippen molar-refractivity contribution < 1.29 is 34.9 Å². The Morgan fingerprint density at radius 1 is 1.16 bits per heavy atom. The van der Waals surface area contributed by atoms with Crippen molar-refractivity contribution in [3.63, 3.8) is 0 Å². The molecule has 2 aromatic rings. The van der Waals surface area contributed by atoms with Crippen molar-refractivity contribution in [3.8, 4) is 5.75 Å². The number of nitro benzene ring substituents is 1. The molecule has 10 heteroatoms. The lowest BCUT2D eigenvalue weighted by atomic mass is 9.68. The molecule has 10 nitrogen and oxygen atoms in total. The van der Waals surface area contributed by atoms with E-state index in [9.17, 15) is 40.1 Å². The van der Waals surface area contributed by atoms with Gasteiger partial charge in [0.15, 0.2) is 0 Å². The second-order valence-corrected chi connectivity index (χ2v) is 9.77. The van der Waals surface area contributed by atoms with Gasteiger partial charge in [-0.2, -0.15) is 0 Å². The van der Waals surface area contributed by atoms with E-state index >= 15 is 0 Å². The van der Waals surface area contributed by atoms with Crippen LogP contribution in [0.2, 0.25) is 0 Å². The van der Waals surface area contributed by atoms with Crippen molar-refractivity contribution >= 4 is 29.3 Å². The number of aliphatic hydroxyl groups excluding tert-OH is 3. The highest BCUT2D eigenvalue weighted by Gasteiger charge is 2.55. The number of rotatable bonds is 9. The zero-order valence-electron chi connectivity index (χ0n) is 20.9. The van der Waals surface area contributed by atoms with E-state index in [1.54, 1.807) is 24.3 Å². The molecule has 2 amide bonds. The molecule has 4 N–H and O–H groups in total. The summed E-state index contributed by atoms with van der Waals surface area (Å²) < 4.78 is 0. The van der Waals surface area contributed by atoms with Crippen LogP contribution in [0.3, 0.4) is 0 Å². The van der Waals surface area contributed by atoms with E-state index in [-0.39, 0.29) is 30.0 Å². The third-order valence-electron chi connectivity index (χ3n) is 7.35. The molecule has 0 radical (unpaired) electrons. The van der Waals surface area contributed by atoms with Crippen molar-refractivity contribution in [2.45, 2.75) is 32.3 Å². The van der Waals surface area contributed by atoms with Gasteiger partial charge in [-0.1, -0.05) is 29.8 Å². The number of aliphatic hydroxyl groups is 3. The average Bonchev–Trinajstić information content (AvgIpc) is 3.16. The predicted molar refractivity (Wildman–Crippen MR) is 139 cm³/mol. The van der Waals surface area contributed by atoms with Gasteiger partial charge in [0.05, 0.1) is 41.8 Å². The molecule has 2 aromatic carbocycles. The van der Waals surface area contributed by atoms with Crippen LogP contribution in [-0.4, -0.2) is 56.5 Å². The maximum absolute atomic E-state index is 13.5. The fourth-order valence-electron chi connectivity index (χ4n) is 5.55. The van der Waals surface area contributed by atoms with Gasteiger partial charge in [-0.3, -0.25) is 19.7 Å². The quantitative estimate of drug-likeness (QED) is 0.169. The summed E-state index contributed by atoms with van der Waals surface area (Å²) in [5.41, 5.74) is 2.44. The third-order valence-corrected chi connectivity index (χ3v) is 7.35. The number of amides is 2. The number of imide groups is 1. The predicted octanol–water partition coefficient (Wildman–Crippen LogP) is 2.95. The fraction of sp³-hybridized carbons (Fsp3) is 0.357. The molecule has 1 aliphatic heterocycles. The molecule has 2 aliphatic rings. The molecule has 1 heterocycles. The molecule has 0 unspecified atom stereocenters. The van der Waals surface area contributed by atoms with Gasteiger partial charge < -0.3 is 20.4 Å². The van der Waals surface area contributed by atoms with Gasteiger partial charge in [-0.05, 0) is 61.1 Å². The zero-order valence-corrected chi connectivity index (χ0v) is 20.9. The van der Waals surface area contributed by atoms with Gasteiger partial charge in [0, 0.05) is 18.1 Å². The van der Waals surface area contributed by atoms with Crippen LogP contribution in [0.25, 0.3) is 6.08 Å². The first-order valence-electron chi connectivity index (χ1n) is 12.4. The van der Waals surface area contributed by atoms with Gasteiger partial charge in [-0.25, -0.2) is 4.90 Å². The van der Waals surface area contributed by atoms with Gasteiger partial charge in [-0.15, -0.1) is 0 Å². The standard InChI is InChI=1S/C28H30N2O8/c1-16(11-17-6-8-21(33)9-7-17)5-10-24(34)25-18(14-31)12-22-26(23(25)15-32)28(36)29(27(22)35)19-3-2-4-20(13-19)30(37)38/h2-4,6-9,11,13,22-24,26,31-34H,5,10,12,14-15H2,1H3/b16-11+/t22-,23+,24-,26-/m1/s1. The SMILES string of the molecule is C/C(=C\c1ccc(O)cc1)CC[C@@H](O)C1=C(CO)C[C@H]2C(=O)N(c3cccc([N+](=O)[O-])c3)C(=O)[C@H]2[C@H]1CO. The van der Waals surface area contributed by atoms with Gasteiger partial charge >= 0.3 is 0 Å². The number of carbonyl (C=O) groups excluding carboxylic acids is 2. The van der Waals surface area contributed by atoms with Crippen LogP contribution in [0, 0.1) is 27.9 Å². The van der Waals surface area contributed by atoms with E-state index < -0.39 is 53.8 Å². The molecular weight excluding hydrogens is 492 g/mol. The maximum Gasteiger partial charge on any atom is 0.271 e. The second kappa shape index (κ2) is 11.3. The first-order valence-corrected chi connectivity index (χ1v) is 12.4. The van der Waals surface area contributed by atoms with Crippen molar-refractivity contribution in [2.75, 3.05) is 18.1 Å². The summed E-state index contributed by atoms with van der Waals surface area (Å²) in [5.74, 6) is -3.68. The lowest BCUT2D eigenvalue weighted by molar-refractivity contribution is -0.384. The molecule has 1 saturated heterocycles. The van der Waals surface area contributed by atoms with E-state index in [0.717, 1.165) is 22.1 Å². The summed E-state index contributed by atoms with van der Waals surface area (Å²) in [6.45, 7) is 0.950. The number of anilines is 1. The van der Waals surface area contributed by atoms with Gasteiger partial charge in [0.25, 0.3) is 5.69 Å². The zero-order chi connectivity index (χ0) is 27.6. The summed E-state index contributed by atoms with van der Waals surface area (Å²) in [4.78, 5) is 38.3. The number of phenols is 1. The Morgan fingerprint density at radius 3 is 2.50 bits per heavy atom. The number of hydrogen-bond acceptors (Lipinski definition) is 8. The summed E-state index contributed by atoms with van der Waals surface area (Å²) in [6.07, 6.45) is 1.66. The summed E-state index contributed by atoms with van der Waals surface area (Å²) in [5, 5.41) is 52.2. The summed E-state index contributed by atoms with van der Waals surface area (Å²) in [7, 11) is 0. The smallest absolute Gasteiger partial charge is 0.271 e. The highest BCUT2D eigenvalue weighted by Crippen LogP contribution is 2.47. The van der Waals surface area contributed by atoms with E-state index in [2.05, 4.69) is 0 Å². The summed E-state index contributed by atoms with van der Waals surface area (Å²) >= 11 is 0. The molecule has 1 aliphatic carbocycles. The highest BCUT2D eigenvalue weighted by atomic mass is 16.6. The average molecular weight is 523 g/mol. The number of benzene rings is 2. The molecule has 0 spiro atoms. The van der Waals surface area contributed by atoms with Crippen LogP contribution in [-0.2, 0) is 9.59 Å². The number of nitro groups is 1. The van der Waals surface area contributed by atoms with Gasteiger partial charge in [0.1, 0.15) is 5.75 Å². The minimum atomic E-state index is -1.06. The summed E-state index contributed by atoms with van der Waals surface area (Å²) in [6, 6.07) is 11.9. The van der Waals surface area contributed by atoms with Crippen LogP contribution in [0.15, 0.2) is 65.3 Å². The van der Waals surface area contributed by atoms with Crippen molar-refractivity contribution in [2.24, 2.45) is 17.8 Å². The van der Waals surface area contributed by atoms with E-state index in [1.807, 2.05) is 13.0 Å². The van der Waals surface area contributed by atoms with Crippen LogP contribution < -0.4 is 4.90 Å². The van der Waals surface area contributed by atoms with E-state index in [0.29, 0.717) is 17.6 Å². The molecule has 4 atom stereocenters. The Labute approximate surface area is 219 Å². The van der Waals surface area contributed by atoms with Crippen LogP contribution in [0.4, 0.5) is 11.4 Å². The third kappa shape index (κ3) is 5.24. The fourth-order valence-corrected chi connectivity index (χ4v) is 5.55. The second-order valence-electron chi connectivity index (χ2n) is 9.77. The number of nitrogens with zero attached hydrogens (tertiary/aromatic N) is 2. The first-order chi connectivity index (χ1) is 18.2. The molecule has 0 aromatic heterocycles. The Kier molecular flexibility index (Phi) is 8.05. The van der Waals surface area contributed by atoms with Crippen LogP contribution in [0.5, 0.6) is 5.75 Å². The topological polar surface area (TPSA) is 161 Å². The minimum Gasteiger partial charge on any atom is -0.508 e. The molecule has 38 heavy (non-hydrogen) atoms. The molecule has 0 bridgehead atoms. The van der Waals surface area contributed by atoms with Gasteiger partial charge in [0.2, 0.25) is 11.8 Å². The molecule has 1 fully saturated rings. The Hall–Kier alpha value is -3.86. The Bertz CT molecular complexity index is 1300. The molecular formula is C28H30N2O8. The van der Waals surface area contributed by atoms with Crippen molar-refractivity contribution in [1.82, 2.24) is 0 Å². The number of aromatic hydroxyl groups is 1. The number of fused-ring (bicyclic) bond motifs is 1. The van der Waals surface area contributed by atoms with E-state index in [1.165, 1.54) is 18.2 Å². The monoisotopic (exact) mass is 522 g/mol. The first kappa shape index (κ1) is 27.2. The minimum absolute atomic E-state index is 0.0440. The van der Waals surface area contributed by atoms with Crippen molar-refractivity contribution in [3.05, 3.63) is 80.9 Å². The molecule has 4 rings (SSSR count). The number of carbonyl (C=O) groups is 2. The Morgan fingerprint density at radius 2 is 1.87 bits per heavy atom. The molecule has 0 saturated carbocycles. The lowest BCUT2D eigenvalue weighted by Crippen LogP contribution is -2.39. The maximum atomic E-state index is 13.5. The highest BCUT2D eigenvalue weighted by molar-refractivity contribution is 6.22. The van der Waals surface area contributed by atoms with Crippen LogP contribution in [0.1, 0.15) is 31.7 Å². The van der Waals surface area contributed by atoms with E-state index in [4.69, 9.17) is 0 Å². The lowest BCUT2D eigenvalue weighted by Gasteiger charge is -2.36. The van der Waals surface area contributed by atoms with Crippen molar-refractivity contribution in [1.29, 1.82) is 0 Å². The number of non-ortho nitro benzene ring substituents is 1. The number of hydrogen-bond donors (Lipinski definition) is 4. The van der Waals surface area contributed by atoms with Crippen LogP contribution >= 0.6 is 0 Å². The Balaban J connectivity index is 1.57. The largest absolute Gasteiger partial charge is 0.508 e. The normalized spacial score (nSPS) is 22.6. The molecule has 200 valence electrons. The number of phenolic OH excluding ortho intramolecular Hbond substituents is 1. The number of allylic oxidation sites excluding steroid dienone is 1.